The first-order chi connectivity index (χ1) is 7.59. The number of nitrogens with two attached hydrogens (primary N) is 1. The molecule has 0 aliphatic carbocycles. The molecule has 0 amide bonds. The summed E-state index contributed by atoms with van der Waals surface area (Å²) in [5.41, 5.74) is 9.00. The van der Waals surface area contributed by atoms with Gasteiger partial charge in [-0.3, -0.25) is 0 Å². The van der Waals surface area contributed by atoms with Gasteiger partial charge in [0.1, 0.15) is 13.0 Å². The van der Waals surface area contributed by atoms with Crippen LogP contribution < -0.4 is 5.73 Å². The Morgan fingerprint density at radius 2 is 1.88 bits per heavy atom. The fourth-order valence-electron chi connectivity index (χ4n) is 1.11. The molecule has 0 aliphatic heterocycles. The van der Waals surface area contributed by atoms with E-state index in [2.05, 4.69) is 11.5 Å². The number of hydrogen-bond acceptors (Lipinski definition) is 3. The van der Waals surface area contributed by atoms with E-state index >= 15 is 0 Å². The predicted molar refractivity (Wildman–Crippen MR) is 69.4 cm³/mol. The highest BCUT2D eigenvalue weighted by molar-refractivity contribution is 7.86. The van der Waals surface area contributed by atoms with Crippen LogP contribution in [0, 0.1) is 11.5 Å². The Balaban J connectivity index is 3.40. The second-order valence-electron chi connectivity index (χ2n) is 4.69. The van der Waals surface area contributed by atoms with Gasteiger partial charge in [-0.1, -0.05) is 25.6 Å². The Kier molecular flexibility index (Phi) is 3.64. The topological polar surface area (TPSA) is 60.2 Å². The summed E-state index contributed by atoms with van der Waals surface area (Å²) in [7, 11) is -6.42. The summed E-state index contributed by atoms with van der Waals surface area (Å²) < 4.78 is 34.9. The summed E-state index contributed by atoms with van der Waals surface area (Å²) in [6.45, 7) is 6.03. The van der Waals surface area contributed by atoms with Crippen molar-refractivity contribution in [2.75, 3.05) is 5.73 Å². The SMILES string of the molecule is C[Si](C)(C)C#Cc1cc(N)ccc1S(=O)(=O)F. The van der Waals surface area contributed by atoms with Gasteiger partial charge in [0.15, 0.2) is 0 Å². The molecule has 1 aromatic rings. The minimum absolute atomic E-state index is 0.120. The Morgan fingerprint density at radius 3 is 2.35 bits per heavy atom. The fourth-order valence-corrected chi connectivity index (χ4v) is 2.23. The Labute approximate surface area is 102 Å². The number of hydrogen-bond donors (Lipinski definition) is 1. The maximum absolute atomic E-state index is 13.0. The molecule has 0 bridgehead atoms. The van der Waals surface area contributed by atoms with Gasteiger partial charge in [0.25, 0.3) is 0 Å². The quantitative estimate of drug-likeness (QED) is 0.368. The number of anilines is 1. The van der Waals surface area contributed by atoms with E-state index in [1.54, 1.807) is 0 Å². The van der Waals surface area contributed by atoms with E-state index in [0.29, 0.717) is 5.69 Å². The summed E-state index contributed by atoms with van der Waals surface area (Å²) in [6.07, 6.45) is 0. The van der Waals surface area contributed by atoms with Crippen molar-refractivity contribution >= 4 is 24.0 Å². The molecule has 0 saturated carbocycles. The van der Waals surface area contributed by atoms with E-state index in [4.69, 9.17) is 5.73 Å². The van der Waals surface area contributed by atoms with Gasteiger partial charge < -0.3 is 5.73 Å². The smallest absolute Gasteiger partial charge is 0.333 e. The van der Waals surface area contributed by atoms with Crippen molar-refractivity contribution in [2.24, 2.45) is 0 Å². The summed E-state index contributed by atoms with van der Waals surface area (Å²) >= 11 is 0. The third-order valence-corrected chi connectivity index (χ3v) is 3.59. The Morgan fingerprint density at radius 1 is 1.29 bits per heavy atom. The molecule has 0 fully saturated rings. The van der Waals surface area contributed by atoms with Crippen LogP contribution in [0.3, 0.4) is 0 Å². The average molecular weight is 271 g/mol. The van der Waals surface area contributed by atoms with Crippen molar-refractivity contribution in [3.05, 3.63) is 23.8 Å². The van der Waals surface area contributed by atoms with E-state index in [9.17, 15) is 12.3 Å². The van der Waals surface area contributed by atoms with Crippen LogP contribution in [0.1, 0.15) is 5.56 Å². The first-order valence-electron chi connectivity index (χ1n) is 4.97. The molecule has 0 unspecified atom stereocenters. The highest BCUT2D eigenvalue weighted by Crippen LogP contribution is 2.20. The van der Waals surface area contributed by atoms with Crippen LogP contribution in [0.5, 0.6) is 0 Å². The highest BCUT2D eigenvalue weighted by Gasteiger charge is 2.17. The third-order valence-electron chi connectivity index (χ3n) is 1.84. The first-order valence-corrected chi connectivity index (χ1v) is 9.85. The molecule has 0 aromatic heterocycles. The van der Waals surface area contributed by atoms with Crippen molar-refractivity contribution < 1.29 is 12.3 Å². The minimum atomic E-state index is -4.76. The molecule has 0 radical (unpaired) electrons. The Hall–Kier alpha value is -1.32. The summed E-state index contributed by atoms with van der Waals surface area (Å²) in [5, 5.41) is 0. The van der Waals surface area contributed by atoms with Gasteiger partial charge >= 0.3 is 10.2 Å². The van der Waals surface area contributed by atoms with E-state index in [1.165, 1.54) is 12.1 Å². The molecule has 0 aliphatic rings. The van der Waals surface area contributed by atoms with Crippen molar-refractivity contribution in [1.82, 2.24) is 0 Å². The van der Waals surface area contributed by atoms with Crippen molar-refractivity contribution in [1.29, 1.82) is 0 Å². The Bertz CT molecular complexity index is 594. The molecule has 3 nitrogen and oxygen atoms in total. The van der Waals surface area contributed by atoms with Crippen molar-refractivity contribution in [3.8, 4) is 11.5 Å². The lowest BCUT2D eigenvalue weighted by molar-refractivity contribution is 0.552. The van der Waals surface area contributed by atoms with E-state index in [0.717, 1.165) is 6.07 Å². The van der Waals surface area contributed by atoms with Gasteiger partial charge in [-0.25, -0.2) is 0 Å². The van der Waals surface area contributed by atoms with Crippen LogP contribution >= 0.6 is 0 Å². The summed E-state index contributed by atoms with van der Waals surface area (Å²) in [6, 6.07) is 3.85. The lowest BCUT2D eigenvalue weighted by atomic mass is 10.2. The molecule has 0 saturated heterocycles. The molecular formula is C11H14FNO2SSi. The van der Waals surface area contributed by atoms with E-state index < -0.39 is 23.2 Å². The molecule has 1 aromatic carbocycles. The number of nitrogen functional groups attached to an aromatic ring is 1. The van der Waals surface area contributed by atoms with Gasteiger partial charge in [0.2, 0.25) is 0 Å². The van der Waals surface area contributed by atoms with E-state index in [1.807, 2.05) is 19.6 Å². The first kappa shape index (κ1) is 13.7. The molecular weight excluding hydrogens is 257 g/mol. The second kappa shape index (κ2) is 4.51. The lowest BCUT2D eigenvalue weighted by Crippen LogP contribution is -2.16. The fraction of sp³-hybridized carbons (Fsp3) is 0.273. The zero-order valence-corrected chi connectivity index (χ0v) is 11.7. The van der Waals surface area contributed by atoms with Crippen LogP contribution in [-0.2, 0) is 10.2 Å². The number of benzene rings is 1. The molecule has 0 atom stereocenters. The van der Waals surface area contributed by atoms with Crippen molar-refractivity contribution in [3.63, 3.8) is 0 Å². The third kappa shape index (κ3) is 4.21. The monoisotopic (exact) mass is 271 g/mol. The van der Waals surface area contributed by atoms with Crippen molar-refractivity contribution in [2.45, 2.75) is 24.5 Å². The highest BCUT2D eigenvalue weighted by atomic mass is 32.3. The largest absolute Gasteiger partial charge is 0.399 e. The predicted octanol–water partition coefficient (Wildman–Crippen LogP) is 2.16. The van der Waals surface area contributed by atoms with Crippen LogP contribution in [0.25, 0.3) is 0 Å². The molecule has 2 N–H and O–H groups in total. The molecule has 17 heavy (non-hydrogen) atoms. The zero-order valence-electron chi connectivity index (χ0n) is 9.91. The molecule has 0 spiro atoms. The maximum atomic E-state index is 13.0. The van der Waals surface area contributed by atoms with Gasteiger partial charge in [0.05, 0.1) is 0 Å². The van der Waals surface area contributed by atoms with Crippen LogP contribution in [-0.4, -0.2) is 16.5 Å². The molecule has 92 valence electrons. The lowest BCUT2D eigenvalue weighted by Gasteiger charge is -2.05. The van der Waals surface area contributed by atoms with E-state index in [-0.39, 0.29) is 5.56 Å². The average Bonchev–Trinajstić information content (AvgIpc) is 2.11. The van der Waals surface area contributed by atoms with Gasteiger partial charge in [-0.05, 0) is 18.2 Å². The van der Waals surface area contributed by atoms with Crippen LogP contribution in [0.2, 0.25) is 19.6 Å². The van der Waals surface area contributed by atoms with Gasteiger partial charge in [-0.2, -0.15) is 8.42 Å². The van der Waals surface area contributed by atoms with Crippen LogP contribution in [0.4, 0.5) is 9.57 Å². The van der Waals surface area contributed by atoms with Gasteiger partial charge in [-0.15, -0.1) is 9.43 Å². The molecule has 6 heteroatoms. The molecule has 1 rings (SSSR count). The normalized spacial score (nSPS) is 11.8. The standard InChI is InChI=1S/C11H14FNO2SSi/c1-17(2,3)7-6-9-8-10(13)4-5-11(9)16(12,14)15/h4-5,8H,13H2,1-3H3. The number of halogens is 1. The number of rotatable bonds is 1. The maximum Gasteiger partial charge on any atom is 0.333 e. The molecule has 0 heterocycles. The summed E-state index contributed by atoms with van der Waals surface area (Å²) in [5.74, 6) is 2.71. The zero-order chi connectivity index (χ0) is 13.3. The summed E-state index contributed by atoms with van der Waals surface area (Å²) in [4.78, 5) is -0.419. The van der Waals surface area contributed by atoms with Crippen LogP contribution in [0.15, 0.2) is 23.1 Å². The second-order valence-corrected chi connectivity index (χ2v) is 10.8. The minimum Gasteiger partial charge on any atom is -0.399 e. The van der Waals surface area contributed by atoms with Gasteiger partial charge in [0, 0.05) is 11.3 Å².